The SMILES string of the molecule is CCOC(=O)c1c(NC(=O)c2ccc(COc3c(F)c(F)c(F)c(F)c3F)o2)sc(C)c1C. The number of hydrogen-bond acceptors (Lipinski definition) is 6. The first kappa shape index (κ1) is 24.2. The summed E-state index contributed by atoms with van der Waals surface area (Å²) in [5.74, 6) is -14.1. The average Bonchev–Trinajstić information content (AvgIpc) is 3.35. The highest BCUT2D eigenvalue weighted by Crippen LogP contribution is 2.34. The lowest BCUT2D eigenvalue weighted by molar-refractivity contribution is 0.0527. The van der Waals surface area contributed by atoms with Crippen LogP contribution in [-0.2, 0) is 11.3 Å². The molecule has 176 valence electrons. The second-order valence-electron chi connectivity index (χ2n) is 6.62. The number of hydrogen-bond donors (Lipinski definition) is 1. The third-order valence-corrected chi connectivity index (χ3v) is 5.63. The van der Waals surface area contributed by atoms with Gasteiger partial charge in [-0.3, -0.25) is 4.79 Å². The number of halogens is 5. The lowest BCUT2D eigenvalue weighted by Crippen LogP contribution is -2.14. The van der Waals surface area contributed by atoms with E-state index in [4.69, 9.17) is 13.9 Å². The second-order valence-corrected chi connectivity index (χ2v) is 7.84. The van der Waals surface area contributed by atoms with Crippen LogP contribution in [0, 0.1) is 42.9 Å². The lowest BCUT2D eigenvalue weighted by atomic mass is 10.1. The summed E-state index contributed by atoms with van der Waals surface area (Å²) in [6.45, 7) is 4.53. The molecular weight excluding hydrogens is 473 g/mol. The first-order chi connectivity index (χ1) is 15.6. The molecule has 33 heavy (non-hydrogen) atoms. The minimum atomic E-state index is -2.31. The Morgan fingerprint density at radius 3 is 2.21 bits per heavy atom. The number of carbonyl (C=O) groups excluding carboxylic acids is 2. The predicted octanol–water partition coefficient (Wildman–Crippen LogP) is 5.66. The molecule has 3 rings (SSSR count). The van der Waals surface area contributed by atoms with Crippen molar-refractivity contribution in [2.75, 3.05) is 11.9 Å². The summed E-state index contributed by atoms with van der Waals surface area (Å²) < 4.78 is 82.0. The molecule has 12 heteroatoms. The first-order valence-electron chi connectivity index (χ1n) is 9.38. The van der Waals surface area contributed by atoms with Crippen LogP contribution in [0.4, 0.5) is 27.0 Å². The van der Waals surface area contributed by atoms with Crippen molar-refractivity contribution in [1.82, 2.24) is 0 Å². The smallest absolute Gasteiger partial charge is 0.341 e. The Morgan fingerprint density at radius 2 is 1.61 bits per heavy atom. The Morgan fingerprint density at radius 1 is 1.00 bits per heavy atom. The fourth-order valence-electron chi connectivity index (χ4n) is 2.76. The molecule has 0 fully saturated rings. The minimum absolute atomic E-state index is 0.131. The molecule has 0 saturated carbocycles. The molecule has 1 aromatic carbocycles. The fraction of sp³-hybridized carbons (Fsp3) is 0.238. The minimum Gasteiger partial charge on any atom is -0.479 e. The maximum atomic E-state index is 13.7. The molecule has 0 saturated heterocycles. The van der Waals surface area contributed by atoms with E-state index in [0.717, 1.165) is 16.2 Å². The predicted molar refractivity (Wildman–Crippen MR) is 107 cm³/mol. The van der Waals surface area contributed by atoms with Gasteiger partial charge in [0, 0.05) is 4.88 Å². The Balaban J connectivity index is 1.75. The number of furan rings is 1. The summed E-state index contributed by atoms with van der Waals surface area (Å²) in [6, 6.07) is 2.43. The fourth-order valence-corrected chi connectivity index (χ4v) is 3.80. The normalized spacial score (nSPS) is 10.9. The molecule has 0 atom stereocenters. The third-order valence-electron chi connectivity index (χ3n) is 4.51. The maximum Gasteiger partial charge on any atom is 0.341 e. The van der Waals surface area contributed by atoms with E-state index in [1.165, 1.54) is 12.1 Å². The lowest BCUT2D eigenvalue weighted by Gasteiger charge is -2.09. The van der Waals surface area contributed by atoms with Gasteiger partial charge in [-0.05, 0) is 38.5 Å². The largest absolute Gasteiger partial charge is 0.479 e. The van der Waals surface area contributed by atoms with Crippen molar-refractivity contribution >= 4 is 28.2 Å². The molecule has 0 aliphatic heterocycles. The number of thiophene rings is 1. The van der Waals surface area contributed by atoms with Gasteiger partial charge < -0.3 is 19.2 Å². The molecule has 0 radical (unpaired) electrons. The Labute approximate surface area is 187 Å². The quantitative estimate of drug-likeness (QED) is 0.201. The van der Waals surface area contributed by atoms with Crippen molar-refractivity contribution in [3.63, 3.8) is 0 Å². The highest BCUT2D eigenvalue weighted by molar-refractivity contribution is 7.16. The zero-order chi connectivity index (χ0) is 24.4. The van der Waals surface area contributed by atoms with Gasteiger partial charge in [-0.25, -0.2) is 18.0 Å². The number of esters is 1. The van der Waals surface area contributed by atoms with Crippen molar-refractivity contribution in [2.45, 2.75) is 27.4 Å². The molecule has 3 aromatic rings. The molecule has 1 amide bonds. The monoisotopic (exact) mass is 489 g/mol. The molecule has 0 spiro atoms. The van der Waals surface area contributed by atoms with Gasteiger partial charge in [0.2, 0.25) is 29.1 Å². The van der Waals surface area contributed by atoms with Crippen LogP contribution in [0.25, 0.3) is 0 Å². The van der Waals surface area contributed by atoms with Gasteiger partial charge in [0.1, 0.15) is 17.4 Å². The van der Waals surface area contributed by atoms with Crippen LogP contribution < -0.4 is 10.1 Å². The van der Waals surface area contributed by atoms with E-state index in [0.29, 0.717) is 5.56 Å². The second kappa shape index (κ2) is 9.61. The molecular formula is C21H16F5NO5S. The number of anilines is 1. The molecule has 6 nitrogen and oxygen atoms in total. The van der Waals surface area contributed by atoms with E-state index in [1.807, 2.05) is 0 Å². The Hall–Kier alpha value is -3.41. The Kier molecular flexibility index (Phi) is 7.06. The number of nitrogens with one attached hydrogen (secondary N) is 1. The average molecular weight is 489 g/mol. The van der Waals surface area contributed by atoms with Crippen molar-refractivity contribution in [1.29, 1.82) is 0 Å². The molecule has 0 unspecified atom stereocenters. The number of rotatable bonds is 7. The van der Waals surface area contributed by atoms with Gasteiger partial charge in [-0.2, -0.15) is 8.78 Å². The van der Waals surface area contributed by atoms with Crippen LogP contribution in [0.1, 0.15) is 44.0 Å². The van der Waals surface area contributed by atoms with Gasteiger partial charge in [-0.15, -0.1) is 11.3 Å². The number of amides is 1. The van der Waals surface area contributed by atoms with Crippen LogP contribution >= 0.6 is 11.3 Å². The van der Waals surface area contributed by atoms with Gasteiger partial charge >= 0.3 is 5.97 Å². The molecule has 1 N–H and O–H groups in total. The number of benzene rings is 1. The summed E-state index contributed by atoms with van der Waals surface area (Å²) in [5, 5.41) is 2.78. The van der Waals surface area contributed by atoms with E-state index < -0.39 is 53.3 Å². The van der Waals surface area contributed by atoms with Crippen LogP contribution in [0.3, 0.4) is 0 Å². The zero-order valence-electron chi connectivity index (χ0n) is 17.4. The van der Waals surface area contributed by atoms with E-state index in [1.54, 1.807) is 20.8 Å². The number of carbonyl (C=O) groups is 2. The van der Waals surface area contributed by atoms with Gasteiger partial charge in [0.05, 0.1) is 12.2 Å². The third kappa shape index (κ3) is 4.70. The van der Waals surface area contributed by atoms with Crippen molar-refractivity contribution in [3.05, 3.63) is 68.7 Å². The summed E-state index contributed by atoms with van der Waals surface area (Å²) >= 11 is 1.16. The molecule has 2 aromatic heterocycles. The van der Waals surface area contributed by atoms with Gasteiger partial charge in [-0.1, -0.05) is 0 Å². The standard InChI is InChI=1S/C21H16F5NO5S/c1-4-30-21(29)12-8(2)9(3)33-20(12)27-19(28)11-6-5-10(32-11)7-31-18-16(25)14(23)13(22)15(24)17(18)26/h5-6H,4,7H2,1-3H3,(H,27,28). The summed E-state index contributed by atoms with van der Waals surface area (Å²) in [5.41, 5.74) is 0.847. The summed E-state index contributed by atoms with van der Waals surface area (Å²) in [6.07, 6.45) is 0. The van der Waals surface area contributed by atoms with Crippen LogP contribution in [0.5, 0.6) is 5.75 Å². The summed E-state index contributed by atoms with van der Waals surface area (Å²) in [4.78, 5) is 25.5. The Bertz CT molecular complexity index is 1210. The highest BCUT2D eigenvalue weighted by Gasteiger charge is 2.28. The van der Waals surface area contributed by atoms with E-state index in [-0.39, 0.29) is 28.7 Å². The van der Waals surface area contributed by atoms with Crippen molar-refractivity contribution < 1.29 is 45.4 Å². The maximum absolute atomic E-state index is 13.7. The van der Waals surface area contributed by atoms with Gasteiger partial charge in [0.15, 0.2) is 11.5 Å². The number of aryl methyl sites for hydroxylation is 1. The topological polar surface area (TPSA) is 77.8 Å². The van der Waals surface area contributed by atoms with E-state index in [9.17, 15) is 31.5 Å². The molecule has 0 bridgehead atoms. The van der Waals surface area contributed by atoms with Gasteiger partial charge in [0.25, 0.3) is 5.91 Å². The summed E-state index contributed by atoms with van der Waals surface area (Å²) in [7, 11) is 0. The number of ether oxygens (including phenoxy) is 2. The van der Waals surface area contributed by atoms with Crippen molar-refractivity contribution in [3.8, 4) is 5.75 Å². The molecule has 0 aliphatic carbocycles. The molecule has 2 heterocycles. The van der Waals surface area contributed by atoms with Crippen molar-refractivity contribution in [2.24, 2.45) is 0 Å². The van der Waals surface area contributed by atoms with E-state index in [2.05, 4.69) is 5.32 Å². The zero-order valence-corrected chi connectivity index (χ0v) is 18.2. The highest BCUT2D eigenvalue weighted by atomic mass is 32.1. The van der Waals surface area contributed by atoms with Crippen LogP contribution in [0.15, 0.2) is 16.5 Å². The van der Waals surface area contributed by atoms with Crippen LogP contribution in [0.2, 0.25) is 0 Å². The first-order valence-corrected chi connectivity index (χ1v) is 10.2. The van der Waals surface area contributed by atoms with Crippen LogP contribution in [-0.4, -0.2) is 18.5 Å². The molecule has 0 aliphatic rings. The van der Waals surface area contributed by atoms with E-state index >= 15 is 0 Å².